The van der Waals surface area contributed by atoms with Gasteiger partial charge in [0.05, 0.1) is 23.9 Å². The van der Waals surface area contributed by atoms with E-state index in [1.54, 1.807) is 25.6 Å². The predicted molar refractivity (Wildman–Crippen MR) is 130 cm³/mol. The van der Waals surface area contributed by atoms with Crippen LogP contribution in [0.5, 0.6) is 5.75 Å². The van der Waals surface area contributed by atoms with Crippen LogP contribution in [-0.2, 0) is 4.74 Å². The summed E-state index contributed by atoms with van der Waals surface area (Å²) in [5.74, 6) is 0.958. The highest BCUT2D eigenvalue weighted by Gasteiger charge is 2.17. The lowest BCUT2D eigenvalue weighted by Crippen LogP contribution is -2.34. The Bertz CT molecular complexity index is 1300. The van der Waals surface area contributed by atoms with Gasteiger partial charge in [0, 0.05) is 36.3 Å². The fourth-order valence-corrected chi connectivity index (χ4v) is 4.08. The van der Waals surface area contributed by atoms with Crippen LogP contribution in [0, 0.1) is 0 Å². The molecule has 34 heavy (non-hydrogen) atoms. The Morgan fingerprint density at radius 1 is 1.21 bits per heavy atom. The molecule has 1 aliphatic rings. The molecule has 1 saturated heterocycles. The second kappa shape index (κ2) is 10.0. The van der Waals surface area contributed by atoms with Crippen molar-refractivity contribution < 1.29 is 14.3 Å². The number of benzene rings is 2. The van der Waals surface area contributed by atoms with Crippen molar-refractivity contribution in [3.63, 3.8) is 0 Å². The first-order valence-electron chi connectivity index (χ1n) is 11.4. The van der Waals surface area contributed by atoms with Crippen LogP contribution in [0.25, 0.3) is 21.8 Å². The molecule has 1 amide bonds. The number of aromatic amines is 1. The third-order valence-corrected chi connectivity index (χ3v) is 5.80. The van der Waals surface area contributed by atoms with Crippen molar-refractivity contribution in [3.8, 4) is 5.75 Å². The Balaban J connectivity index is 1.42. The van der Waals surface area contributed by atoms with Crippen molar-refractivity contribution in [1.82, 2.24) is 30.8 Å². The molecule has 0 spiro atoms. The number of H-pyrrole nitrogens is 1. The fraction of sp³-hybridized carbons (Fsp3) is 0.333. The van der Waals surface area contributed by atoms with E-state index in [9.17, 15) is 4.79 Å². The van der Waals surface area contributed by atoms with E-state index in [2.05, 4.69) is 31.1 Å². The van der Waals surface area contributed by atoms with Crippen molar-refractivity contribution in [2.24, 2.45) is 0 Å². The SMILES string of the molecule is COCCNC(=O)c1cc(Nc2ncc3cccc(OC4CCNCC4)c3n2)cc2[nH]ncc12. The molecule has 0 aliphatic carbocycles. The van der Waals surface area contributed by atoms with Crippen LogP contribution < -0.4 is 20.7 Å². The number of carbonyl (C=O) groups excluding carboxylic acids is 1. The van der Waals surface area contributed by atoms with Crippen molar-refractivity contribution >= 4 is 39.3 Å². The van der Waals surface area contributed by atoms with E-state index in [4.69, 9.17) is 14.5 Å². The summed E-state index contributed by atoms with van der Waals surface area (Å²) < 4.78 is 11.3. The summed E-state index contributed by atoms with van der Waals surface area (Å²) in [6.07, 6.45) is 5.51. The van der Waals surface area contributed by atoms with Gasteiger partial charge >= 0.3 is 0 Å². The third-order valence-electron chi connectivity index (χ3n) is 5.80. The molecule has 0 atom stereocenters. The van der Waals surface area contributed by atoms with Gasteiger partial charge in [0.25, 0.3) is 5.91 Å². The molecule has 2 aromatic carbocycles. The summed E-state index contributed by atoms with van der Waals surface area (Å²) in [5, 5.41) is 18.1. The van der Waals surface area contributed by atoms with E-state index in [1.165, 1.54) is 0 Å². The topological polar surface area (TPSA) is 126 Å². The van der Waals surface area contributed by atoms with E-state index >= 15 is 0 Å². The molecular weight excluding hydrogens is 434 g/mol. The number of carbonyl (C=O) groups is 1. The fourth-order valence-electron chi connectivity index (χ4n) is 4.08. The second-order valence-electron chi connectivity index (χ2n) is 8.18. The van der Waals surface area contributed by atoms with E-state index in [-0.39, 0.29) is 12.0 Å². The zero-order valence-corrected chi connectivity index (χ0v) is 18.9. The van der Waals surface area contributed by atoms with Gasteiger partial charge < -0.3 is 25.4 Å². The molecule has 1 aliphatic heterocycles. The zero-order valence-electron chi connectivity index (χ0n) is 18.9. The number of methoxy groups -OCH3 is 1. The molecule has 2 aromatic heterocycles. The molecule has 0 unspecified atom stereocenters. The highest BCUT2D eigenvalue weighted by atomic mass is 16.5. The number of amides is 1. The number of piperidine rings is 1. The van der Waals surface area contributed by atoms with Crippen LogP contribution in [0.15, 0.2) is 42.7 Å². The minimum Gasteiger partial charge on any atom is -0.488 e. The average Bonchev–Trinajstić information content (AvgIpc) is 3.33. The van der Waals surface area contributed by atoms with Crippen molar-refractivity contribution in [1.29, 1.82) is 0 Å². The molecule has 0 radical (unpaired) electrons. The summed E-state index contributed by atoms with van der Waals surface area (Å²) in [6, 6.07) is 9.51. The van der Waals surface area contributed by atoms with Crippen LogP contribution in [0.4, 0.5) is 11.6 Å². The van der Waals surface area contributed by atoms with Gasteiger partial charge in [-0.1, -0.05) is 12.1 Å². The van der Waals surface area contributed by atoms with Gasteiger partial charge in [-0.25, -0.2) is 9.97 Å². The number of hydrogen-bond acceptors (Lipinski definition) is 8. The molecule has 1 fully saturated rings. The summed E-state index contributed by atoms with van der Waals surface area (Å²) >= 11 is 0. The number of nitrogens with one attached hydrogen (secondary N) is 4. The first-order valence-corrected chi connectivity index (χ1v) is 11.4. The van der Waals surface area contributed by atoms with Crippen LogP contribution in [0.3, 0.4) is 0 Å². The summed E-state index contributed by atoms with van der Waals surface area (Å²) in [5.41, 5.74) is 2.65. The molecule has 4 N–H and O–H groups in total. The number of fused-ring (bicyclic) bond motifs is 2. The highest BCUT2D eigenvalue weighted by molar-refractivity contribution is 6.07. The predicted octanol–water partition coefficient (Wildman–Crippen LogP) is 2.76. The number of ether oxygens (including phenoxy) is 2. The Kier molecular flexibility index (Phi) is 6.50. The third kappa shape index (κ3) is 4.78. The summed E-state index contributed by atoms with van der Waals surface area (Å²) in [4.78, 5) is 22.0. The largest absolute Gasteiger partial charge is 0.488 e. The number of nitrogens with zero attached hydrogens (tertiary/aromatic N) is 3. The van der Waals surface area contributed by atoms with Gasteiger partial charge in [0.2, 0.25) is 5.95 Å². The Morgan fingerprint density at radius 3 is 2.94 bits per heavy atom. The highest BCUT2D eigenvalue weighted by Crippen LogP contribution is 2.28. The maximum atomic E-state index is 12.8. The number of hydrogen-bond donors (Lipinski definition) is 4. The van der Waals surface area contributed by atoms with Gasteiger partial charge in [-0.2, -0.15) is 5.10 Å². The second-order valence-corrected chi connectivity index (χ2v) is 8.18. The number of aromatic nitrogens is 4. The van der Waals surface area contributed by atoms with Gasteiger partial charge in [0.15, 0.2) is 0 Å². The smallest absolute Gasteiger partial charge is 0.252 e. The van der Waals surface area contributed by atoms with Gasteiger partial charge in [0.1, 0.15) is 17.4 Å². The first kappa shape index (κ1) is 22.1. The van der Waals surface area contributed by atoms with E-state index < -0.39 is 0 Å². The summed E-state index contributed by atoms with van der Waals surface area (Å²) in [7, 11) is 1.59. The van der Waals surface area contributed by atoms with Crippen LogP contribution in [-0.4, -0.2) is 65.5 Å². The molecule has 4 aromatic rings. The maximum absolute atomic E-state index is 12.8. The van der Waals surface area contributed by atoms with E-state index in [0.29, 0.717) is 30.4 Å². The van der Waals surface area contributed by atoms with Gasteiger partial charge in [-0.3, -0.25) is 9.89 Å². The molecule has 3 heterocycles. The van der Waals surface area contributed by atoms with Crippen LogP contribution >= 0.6 is 0 Å². The average molecular weight is 462 g/mol. The first-order chi connectivity index (χ1) is 16.7. The van der Waals surface area contributed by atoms with E-state index in [0.717, 1.165) is 53.5 Å². The molecular formula is C24H27N7O3. The lowest BCUT2D eigenvalue weighted by atomic mass is 10.1. The number of rotatable bonds is 8. The monoisotopic (exact) mass is 461 g/mol. The molecule has 10 heteroatoms. The number of anilines is 2. The number of para-hydroxylation sites is 1. The van der Waals surface area contributed by atoms with Crippen molar-refractivity contribution in [3.05, 3.63) is 48.3 Å². The quantitative estimate of drug-likeness (QED) is 0.295. The maximum Gasteiger partial charge on any atom is 0.252 e. The molecule has 5 rings (SSSR count). The minimum atomic E-state index is -0.204. The van der Waals surface area contributed by atoms with Gasteiger partial charge in [-0.05, 0) is 44.1 Å². The van der Waals surface area contributed by atoms with Crippen LogP contribution in [0.2, 0.25) is 0 Å². The Morgan fingerprint density at radius 2 is 2.09 bits per heavy atom. The summed E-state index contributed by atoms with van der Waals surface area (Å²) in [6.45, 7) is 2.76. The standard InChI is InChI=1S/C24H27N7O3/c1-33-10-9-26-23(32)18-11-16(12-20-19(18)14-28-31-20)29-24-27-13-15-3-2-4-21(22(15)30-24)34-17-5-7-25-8-6-17/h2-4,11-14,17,25H,5-10H2,1H3,(H,26,32)(H,28,31)(H,27,29,30). The normalized spacial score (nSPS) is 14.4. The van der Waals surface area contributed by atoms with E-state index in [1.807, 2.05) is 24.3 Å². The van der Waals surface area contributed by atoms with Gasteiger partial charge in [-0.15, -0.1) is 0 Å². The molecule has 10 nitrogen and oxygen atoms in total. The molecule has 0 bridgehead atoms. The van der Waals surface area contributed by atoms with Crippen LogP contribution in [0.1, 0.15) is 23.2 Å². The Hall–Kier alpha value is -3.76. The lowest BCUT2D eigenvalue weighted by molar-refractivity contribution is 0.0938. The molecule has 0 saturated carbocycles. The zero-order chi connectivity index (χ0) is 23.3. The van der Waals surface area contributed by atoms with Crippen molar-refractivity contribution in [2.45, 2.75) is 18.9 Å². The van der Waals surface area contributed by atoms with Crippen molar-refractivity contribution in [2.75, 3.05) is 38.7 Å². The Labute approximate surface area is 196 Å². The lowest BCUT2D eigenvalue weighted by Gasteiger charge is -2.24. The minimum absolute atomic E-state index is 0.167. The molecule has 176 valence electrons.